The maximum absolute atomic E-state index is 13.1. The molecule has 1 aromatic carbocycles. The molecule has 0 radical (unpaired) electrons. The lowest BCUT2D eigenvalue weighted by molar-refractivity contribution is -0.120. The first-order chi connectivity index (χ1) is 13.6. The van der Waals surface area contributed by atoms with Crippen molar-refractivity contribution >= 4 is 38.9 Å². The van der Waals surface area contributed by atoms with Gasteiger partial charge in [-0.15, -0.1) is 0 Å². The first-order valence-electron chi connectivity index (χ1n) is 9.15. The summed E-state index contributed by atoms with van der Waals surface area (Å²) in [6.07, 6.45) is 7.54. The third-order valence-electron chi connectivity index (χ3n) is 5.22. The zero-order valence-corrected chi connectivity index (χ0v) is 17.8. The van der Waals surface area contributed by atoms with Crippen LogP contribution in [0.3, 0.4) is 0 Å². The number of anilines is 1. The van der Waals surface area contributed by atoms with Crippen molar-refractivity contribution in [2.24, 2.45) is 5.41 Å². The van der Waals surface area contributed by atoms with Crippen molar-refractivity contribution in [2.75, 3.05) is 11.6 Å². The highest BCUT2D eigenvalue weighted by atomic mass is 35.5. The highest BCUT2D eigenvalue weighted by Crippen LogP contribution is 2.44. The average molecular weight is 436 g/mol. The highest BCUT2D eigenvalue weighted by Gasteiger charge is 2.38. The second-order valence-corrected chi connectivity index (χ2v) is 10.2. The van der Waals surface area contributed by atoms with Crippen LogP contribution < -0.4 is 5.32 Å². The summed E-state index contributed by atoms with van der Waals surface area (Å²) >= 11 is 6.21. The number of rotatable bonds is 6. The van der Waals surface area contributed by atoms with Gasteiger partial charge in [-0.3, -0.25) is 14.6 Å². The molecule has 29 heavy (non-hydrogen) atoms. The van der Waals surface area contributed by atoms with Gasteiger partial charge in [0.1, 0.15) is 5.78 Å². The van der Waals surface area contributed by atoms with Gasteiger partial charge in [-0.1, -0.05) is 24.6 Å². The van der Waals surface area contributed by atoms with Gasteiger partial charge in [0.2, 0.25) is 5.91 Å². The van der Waals surface area contributed by atoms with Crippen LogP contribution in [0.1, 0.15) is 44.1 Å². The predicted molar refractivity (Wildman–Crippen MR) is 110 cm³/mol. The Bertz CT molecular complexity index is 1040. The molecule has 0 aliphatic heterocycles. The minimum absolute atomic E-state index is 0.0123. The molecule has 1 saturated carbocycles. The van der Waals surface area contributed by atoms with Crippen molar-refractivity contribution in [3.63, 3.8) is 0 Å². The highest BCUT2D eigenvalue weighted by molar-refractivity contribution is 7.90. The molecule has 1 heterocycles. The van der Waals surface area contributed by atoms with Crippen molar-refractivity contribution in [2.45, 2.75) is 43.4 Å². The van der Waals surface area contributed by atoms with Crippen LogP contribution in [-0.4, -0.2) is 36.3 Å². The first kappa shape index (κ1) is 21.4. The van der Waals surface area contributed by atoms with E-state index in [2.05, 4.69) is 15.3 Å². The fourth-order valence-electron chi connectivity index (χ4n) is 3.73. The third-order valence-corrected chi connectivity index (χ3v) is 6.80. The molecule has 2 atom stereocenters. The van der Waals surface area contributed by atoms with E-state index in [4.69, 9.17) is 11.6 Å². The molecule has 1 aliphatic rings. The number of carbonyl (C=O) groups excluding carboxylic acids is 2. The molecule has 1 amide bonds. The maximum atomic E-state index is 13.1. The standard InChI is InChI=1S/C20H22ClN3O4S/c1-20(6-5-14(25)10-20)11-15(19(26)24-18-12-22-7-8-23-18)13-3-4-17(16(21)9-13)29(2,27)28/h3-4,7-9,12,15H,5-6,10-11H2,1-2H3,(H,23,24,26)/t15-,20+/m1/s1. The number of ketones is 1. The fourth-order valence-corrected chi connectivity index (χ4v) is 5.07. The van der Waals surface area contributed by atoms with Gasteiger partial charge >= 0.3 is 0 Å². The Morgan fingerprint density at radius 2 is 2.10 bits per heavy atom. The van der Waals surface area contributed by atoms with Crippen LogP contribution in [-0.2, 0) is 19.4 Å². The Balaban J connectivity index is 1.95. The zero-order chi connectivity index (χ0) is 21.2. The smallest absolute Gasteiger partial charge is 0.233 e. The third kappa shape index (κ3) is 5.19. The molecular weight excluding hydrogens is 414 g/mol. The molecule has 1 N–H and O–H groups in total. The van der Waals surface area contributed by atoms with Gasteiger partial charge in [-0.2, -0.15) is 0 Å². The molecule has 0 bridgehead atoms. The maximum Gasteiger partial charge on any atom is 0.233 e. The molecule has 0 saturated heterocycles. The molecule has 7 nitrogen and oxygen atoms in total. The topological polar surface area (TPSA) is 106 Å². The van der Waals surface area contributed by atoms with Crippen molar-refractivity contribution in [1.29, 1.82) is 0 Å². The number of aromatic nitrogens is 2. The summed E-state index contributed by atoms with van der Waals surface area (Å²) in [4.78, 5) is 33.0. The molecular formula is C20H22ClN3O4S. The summed E-state index contributed by atoms with van der Waals surface area (Å²) in [7, 11) is -3.48. The van der Waals surface area contributed by atoms with Crippen LogP contribution in [0.4, 0.5) is 5.82 Å². The lowest BCUT2D eigenvalue weighted by Gasteiger charge is -2.28. The van der Waals surface area contributed by atoms with Gasteiger partial charge in [0.05, 0.1) is 22.0 Å². The molecule has 9 heteroatoms. The number of benzene rings is 1. The molecule has 154 valence electrons. The summed E-state index contributed by atoms with van der Waals surface area (Å²) < 4.78 is 23.7. The van der Waals surface area contributed by atoms with Gasteiger partial charge < -0.3 is 5.32 Å². The minimum atomic E-state index is -3.48. The number of nitrogens with one attached hydrogen (secondary N) is 1. The Kier molecular flexibility index (Phi) is 6.05. The quantitative estimate of drug-likeness (QED) is 0.745. The van der Waals surface area contributed by atoms with Crippen LogP contribution in [0, 0.1) is 5.41 Å². The van der Waals surface area contributed by atoms with E-state index in [9.17, 15) is 18.0 Å². The largest absolute Gasteiger partial charge is 0.309 e. The average Bonchev–Trinajstić information content (AvgIpc) is 2.98. The van der Waals surface area contributed by atoms with Gasteiger partial charge in [0.25, 0.3) is 0 Å². The van der Waals surface area contributed by atoms with E-state index in [0.717, 1.165) is 6.26 Å². The van der Waals surface area contributed by atoms with Gasteiger partial charge in [-0.05, 0) is 36.0 Å². The monoisotopic (exact) mass is 435 g/mol. The zero-order valence-electron chi connectivity index (χ0n) is 16.2. The number of hydrogen-bond donors (Lipinski definition) is 1. The SMILES string of the molecule is C[C@]1(C[C@@H](C(=O)Nc2cnccn2)c2ccc(S(C)(=O)=O)c(Cl)c2)CCC(=O)C1. The summed E-state index contributed by atoms with van der Waals surface area (Å²) in [6.45, 7) is 1.99. The summed E-state index contributed by atoms with van der Waals surface area (Å²) in [5, 5.41) is 2.81. The molecule has 0 spiro atoms. The van der Waals surface area contributed by atoms with Crippen LogP contribution in [0.15, 0.2) is 41.7 Å². The Morgan fingerprint density at radius 1 is 1.34 bits per heavy atom. The minimum Gasteiger partial charge on any atom is -0.309 e. The molecule has 0 unspecified atom stereocenters. The number of Topliss-reactive ketones (excluding diaryl/α,β-unsaturated/α-hetero) is 1. The van der Waals surface area contributed by atoms with Crippen LogP contribution in [0.25, 0.3) is 0 Å². The summed E-state index contributed by atoms with van der Waals surface area (Å²) in [5.74, 6) is -0.437. The second kappa shape index (κ2) is 8.20. The summed E-state index contributed by atoms with van der Waals surface area (Å²) in [5.41, 5.74) is 0.271. The number of nitrogens with zero attached hydrogens (tertiary/aromatic N) is 2. The Hall–Kier alpha value is -2.32. The predicted octanol–water partition coefficient (Wildman–Crippen LogP) is 3.41. The molecule has 1 aliphatic carbocycles. The lowest BCUT2D eigenvalue weighted by atomic mass is 9.77. The van der Waals surface area contributed by atoms with Crippen LogP contribution in [0.2, 0.25) is 5.02 Å². The lowest BCUT2D eigenvalue weighted by Crippen LogP contribution is -2.27. The van der Waals surface area contributed by atoms with E-state index in [1.165, 1.54) is 30.7 Å². The van der Waals surface area contributed by atoms with E-state index in [1.807, 2.05) is 6.92 Å². The van der Waals surface area contributed by atoms with Crippen molar-refractivity contribution < 1.29 is 18.0 Å². The van der Waals surface area contributed by atoms with Gasteiger partial charge in [-0.25, -0.2) is 13.4 Å². The number of halogens is 1. The molecule has 2 aromatic rings. The second-order valence-electron chi connectivity index (χ2n) is 7.82. The Morgan fingerprint density at radius 3 is 2.66 bits per heavy atom. The van der Waals surface area contributed by atoms with Crippen LogP contribution >= 0.6 is 11.6 Å². The van der Waals surface area contributed by atoms with Crippen molar-refractivity contribution in [3.8, 4) is 0 Å². The van der Waals surface area contributed by atoms with Crippen LogP contribution in [0.5, 0.6) is 0 Å². The van der Waals surface area contributed by atoms with E-state index in [0.29, 0.717) is 37.1 Å². The number of amides is 1. The summed E-state index contributed by atoms with van der Waals surface area (Å²) in [6, 6.07) is 4.53. The van der Waals surface area contributed by atoms with E-state index >= 15 is 0 Å². The first-order valence-corrected chi connectivity index (χ1v) is 11.4. The molecule has 3 rings (SSSR count). The molecule has 1 aromatic heterocycles. The van der Waals surface area contributed by atoms with E-state index in [1.54, 1.807) is 6.07 Å². The van der Waals surface area contributed by atoms with E-state index in [-0.39, 0.29) is 27.0 Å². The van der Waals surface area contributed by atoms with Gasteiger partial charge in [0, 0.05) is 31.5 Å². The normalized spacial score (nSPS) is 20.4. The Labute approximate surface area is 174 Å². The van der Waals surface area contributed by atoms with Gasteiger partial charge in [0.15, 0.2) is 15.7 Å². The number of carbonyl (C=O) groups is 2. The van der Waals surface area contributed by atoms with Crippen molar-refractivity contribution in [3.05, 3.63) is 47.4 Å². The number of hydrogen-bond acceptors (Lipinski definition) is 6. The number of sulfone groups is 1. The van der Waals surface area contributed by atoms with Crippen molar-refractivity contribution in [1.82, 2.24) is 9.97 Å². The fraction of sp³-hybridized carbons (Fsp3) is 0.400. The molecule has 1 fully saturated rings. The van der Waals surface area contributed by atoms with E-state index < -0.39 is 15.8 Å².